The van der Waals surface area contributed by atoms with Crippen molar-refractivity contribution in [3.8, 4) is 0 Å². The highest BCUT2D eigenvalue weighted by Crippen LogP contribution is 2.36. The quantitative estimate of drug-likeness (QED) is 0.571. The van der Waals surface area contributed by atoms with Gasteiger partial charge >= 0.3 is 0 Å². The zero-order chi connectivity index (χ0) is 18.3. The van der Waals surface area contributed by atoms with Gasteiger partial charge in [0.05, 0.1) is 0 Å². The Morgan fingerprint density at radius 1 is 1.20 bits per heavy atom. The standard InChI is InChI=1S/C20H38N4O/c1-5-16(6-2)18(25)24-13-9-17(10-14-24)23-19(21-4)22-15-20(3)11-7-8-12-20/h16-17H,5-15H2,1-4H3,(H2,21,22,23). The SMILES string of the molecule is CCC(CC)C(=O)N1CCC(NC(=NC)NCC2(C)CCCC2)CC1. The monoisotopic (exact) mass is 350 g/mol. The van der Waals surface area contributed by atoms with E-state index >= 15 is 0 Å². The van der Waals surface area contributed by atoms with Crippen molar-refractivity contribution in [2.75, 3.05) is 26.7 Å². The van der Waals surface area contributed by atoms with Crippen LogP contribution in [0.5, 0.6) is 0 Å². The molecule has 0 radical (unpaired) electrons. The van der Waals surface area contributed by atoms with E-state index in [9.17, 15) is 4.79 Å². The number of hydrogen-bond donors (Lipinski definition) is 2. The van der Waals surface area contributed by atoms with Gasteiger partial charge in [0.25, 0.3) is 0 Å². The number of nitrogens with one attached hydrogen (secondary N) is 2. The maximum atomic E-state index is 12.5. The van der Waals surface area contributed by atoms with Crippen LogP contribution in [0.3, 0.4) is 0 Å². The van der Waals surface area contributed by atoms with Crippen LogP contribution in [0.15, 0.2) is 4.99 Å². The molecule has 0 bridgehead atoms. The molecule has 2 rings (SSSR count). The lowest BCUT2D eigenvalue weighted by Gasteiger charge is -2.35. The third kappa shape index (κ3) is 5.61. The van der Waals surface area contributed by atoms with E-state index in [0.717, 1.165) is 51.3 Å². The van der Waals surface area contributed by atoms with Crippen LogP contribution in [0, 0.1) is 11.3 Å². The van der Waals surface area contributed by atoms with E-state index in [1.54, 1.807) is 0 Å². The van der Waals surface area contributed by atoms with Gasteiger partial charge in [-0.15, -0.1) is 0 Å². The Labute approximate surface area is 154 Å². The van der Waals surface area contributed by atoms with Crippen LogP contribution in [0.2, 0.25) is 0 Å². The predicted molar refractivity (Wildman–Crippen MR) is 105 cm³/mol. The number of piperidine rings is 1. The second-order valence-corrected chi connectivity index (χ2v) is 8.20. The molecule has 0 atom stereocenters. The number of amides is 1. The maximum Gasteiger partial charge on any atom is 0.225 e. The Morgan fingerprint density at radius 2 is 1.80 bits per heavy atom. The van der Waals surface area contributed by atoms with Crippen molar-refractivity contribution < 1.29 is 4.79 Å². The summed E-state index contributed by atoms with van der Waals surface area (Å²) >= 11 is 0. The molecule has 2 N–H and O–H groups in total. The summed E-state index contributed by atoms with van der Waals surface area (Å²) < 4.78 is 0. The van der Waals surface area contributed by atoms with E-state index in [2.05, 4.69) is 41.3 Å². The summed E-state index contributed by atoms with van der Waals surface area (Å²) in [7, 11) is 1.85. The normalized spacial score (nSPS) is 21.6. The summed E-state index contributed by atoms with van der Waals surface area (Å²) in [6.45, 7) is 9.33. The van der Waals surface area contributed by atoms with E-state index in [1.165, 1.54) is 25.7 Å². The molecule has 144 valence electrons. The molecule has 1 saturated carbocycles. The molecule has 0 aromatic carbocycles. The van der Waals surface area contributed by atoms with Gasteiger partial charge < -0.3 is 15.5 Å². The summed E-state index contributed by atoms with van der Waals surface area (Å²) in [4.78, 5) is 19.0. The average Bonchev–Trinajstić information content (AvgIpc) is 3.07. The largest absolute Gasteiger partial charge is 0.356 e. The molecule has 0 aromatic rings. The number of likely N-dealkylation sites (tertiary alicyclic amines) is 1. The maximum absolute atomic E-state index is 12.5. The third-order valence-electron chi connectivity index (χ3n) is 6.20. The first-order valence-corrected chi connectivity index (χ1v) is 10.3. The van der Waals surface area contributed by atoms with Crippen LogP contribution in [0.4, 0.5) is 0 Å². The third-order valence-corrected chi connectivity index (χ3v) is 6.20. The van der Waals surface area contributed by atoms with E-state index in [0.29, 0.717) is 17.4 Å². The van der Waals surface area contributed by atoms with Gasteiger partial charge in [0.1, 0.15) is 0 Å². The number of carbonyl (C=O) groups excluding carboxylic acids is 1. The average molecular weight is 351 g/mol. The van der Waals surface area contributed by atoms with Gasteiger partial charge in [-0.1, -0.05) is 33.6 Å². The molecule has 2 fully saturated rings. The summed E-state index contributed by atoms with van der Waals surface area (Å²) in [5.41, 5.74) is 0.419. The molecule has 5 heteroatoms. The van der Waals surface area contributed by atoms with Crippen LogP contribution in [0.25, 0.3) is 0 Å². The Morgan fingerprint density at radius 3 is 2.32 bits per heavy atom. The van der Waals surface area contributed by atoms with Crippen molar-refractivity contribution in [2.45, 2.75) is 78.2 Å². The topological polar surface area (TPSA) is 56.7 Å². The summed E-state index contributed by atoms with van der Waals surface area (Å²) in [6, 6.07) is 0.410. The number of guanidine groups is 1. The van der Waals surface area contributed by atoms with Gasteiger partial charge in [0.15, 0.2) is 5.96 Å². The van der Waals surface area contributed by atoms with Crippen molar-refractivity contribution in [3.63, 3.8) is 0 Å². The predicted octanol–water partition coefficient (Wildman–Crippen LogP) is 3.16. The zero-order valence-electron chi connectivity index (χ0n) is 16.7. The van der Waals surface area contributed by atoms with Crippen LogP contribution >= 0.6 is 0 Å². The van der Waals surface area contributed by atoms with E-state index in [4.69, 9.17) is 0 Å². The second-order valence-electron chi connectivity index (χ2n) is 8.20. The highest BCUT2D eigenvalue weighted by Gasteiger charge is 2.29. The molecule has 0 spiro atoms. The Bertz CT molecular complexity index is 445. The van der Waals surface area contributed by atoms with Gasteiger partial charge in [-0.2, -0.15) is 0 Å². The molecule has 25 heavy (non-hydrogen) atoms. The van der Waals surface area contributed by atoms with Crippen molar-refractivity contribution >= 4 is 11.9 Å². The van der Waals surface area contributed by atoms with Gasteiger partial charge in [0.2, 0.25) is 5.91 Å². The molecule has 1 aliphatic carbocycles. The van der Waals surface area contributed by atoms with Crippen LogP contribution in [0.1, 0.15) is 72.1 Å². The first-order chi connectivity index (χ1) is 12.0. The molecule has 1 heterocycles. The number of hydrogen-bond acceptors (Lipinski definition) is 2. The van der Waals surface area contributed by atoms with Gasteiger partial charge in [-0.25, -0.2) is 0 Å². The molecule has 0 aromatic heterocycles. The van der Waals surface area contributed by atoms with Crippen LogP contribution in [-0.4, -0.2) is 49.5 Å². The molecule has 1 aliphatic heterocycles. The van der Waals surface area contributed by atoms with Crippen molar-refractivity contribution in [2.24, 2.45) is 16.3 Å². The Balaban J connectivity index is 1.75. The Kier molecular flexibility index (Phi) is 7.57. The molecule has 5 nitrogen and oxygen atoms in total. The lowest BCUT2D eigenvalue weighted by Crippen LogP contribution is -2.51. The first-order valence-electron chi connectivity index (χ1n) is 10.3. The fourth-order valence-electron chi connectivity index (χ4n) is 4.23. The minimum absolute atomic E-state index is 0.200. The zero-order valence-corrected chi connectivity index (χ0v) is 16.7. The van der Waals surface area contributed by atoms with E-state index in [1.807, 2.05) is 7.05 Å². The minimum atomic E-state index is 0.200. The lowest BCUT2D eigenvalue weighted by molar-refractivity contribution is -0.136. The smallest absolute Gasteiger partial charge is 0.225 e. The fourth-order valence-corrected chi connectivity index (χ4v) is 4.23. The number of rotatable bonds is 6. The number of aliphatic imine (C=N–C) groups is 1. The molecule has 2 aliphatic rings. The lowest BCUT2D eigenvalue weighted by atomic mass is 9.89. The molecule has 1 amide bonds. The molecular formula is C20H38N4O. The number of carbonyl (C=O) groups is 1. The molecular weight excluding hydrogens is 312 g/mol. The molecule has 1 saturated heterocycles. The first kappa shape index (κ1) is 20.1. The summed E-state index contributed by atoms with van der Waals surface area (Å²) in [6.07, 6.45) is 9.24. The number of nitrogens with zero attached hydrogens (tertiary/aromatic N) is 2. The van der Waals surface area contributed by atoms with Gasteiger partial charge in [0, 0.05) is 38.6 Å². The molecule has 0 unspecified atom stereocenters. The highest BCUT2D eigenvalue weighted by molar-refractivity contribution is 5.80. The summed E-state index contributed by atoms with van der Waals surface area (Å²) in [5.74, 6) is 1.46. The summed E-state index contributed by atoms with van der Waals surface area (Å²) in [5, 5.41) is 7.09. The van der Waals surface area contributed by atoms with Crippen molar-refractivity contribution in [3.05, 3.63) is 0 Å². The van der Waals surface area contributed by atoms with Gasteiger partial charge in [-0.3, -0.25) is 9.79 Å². The van der Waals surface area contributed by atoms with Crippen molar-refractivity contribution in [1.82, 2.24) is 15.5 Å². The van der Waals surface area contributed by atoms with E-state index < -0.39 is 0 Å². The highest BCUT2D eigenvalue weighted by atomic mass is 16.2. The van der Waals surface area contributed by atoms with Crippen LogP contribution < -0.4 is 10.6 Å². The second kappa shape index (κ2) is 9.44. The van der Waals surface area contributed by atoms with Gasteiger partial charge in [-0.05, 0) is 43.9 Å². The Hall–Kier alpha value is -1.26. The van der Waals surface area contributed by atoms with E-state index in [-0.39, 0.29) is 5.92 Å². The fraction of sp³-hybridized carbons (Fsp3) is 0.900. The minimum Gasteiger partial charge on any atom is -0.356 e. The van der Waals surface area contributed by atoms with Crippen molar-refractivity contribution in [1.29, 1.82) is 0 Å². The van der Waals surface area contributed by atoms with Crippen LogP contribution in [-0.2, 0) is 4.79 Å².